The maximum atomic E-state index is 13.4. The first-order valence-corrected chi connectivity index (χ1v) is 15.4. The molecule has 3 fully saturated rings. The van der Waals surface area contributed by atoms with Crippen LogP contribution in [0.1, 0.15) is 66.4 Å². The summed E-state index contributed by atoms with van der Waals surface area (Å²) >= 11 is 1.20. The summed E-state index contributed by atoms with van der Waals surface area (Å²) in [5, 5.41) is 6.46. The van der Waals surface area contributed by atoms with Gasteiger partial charge in [0.1, 0.15) is 11.6 Å². The number of Topliss-reactive ketones (excluding diaryl/α,β-unsaturated/α-hetero) is 2. The highest BCUT2D eigenvalue weighted by atomic mass is 32.1. The average molecular weight is 570 g/mol. The van der Waals surface area contributed by atoms with Crippen molar-refractivity contribution < 1.29 is 18.8 Å². The molecule has 0 radical (unpaired) electrons. The van der Waals surface area contributed by atoms with E-state index in [2.05, 4.69) is 25.4 Å². The number of nitrogens with zero attached hydrogens (tertiary/aromatic N) is 3. The molecule has 1 aliphatic carbocycles. The number of hydrogen-bond donors (Lipinski definition) is 2. The normalized spacial score (nSPS) is 26.1. The number of piperidine rings is 2. The minimum atomic E-state index is -0.308. The molecule has 2 N–H and O–H groups in total. The van der Waals surface area contributed by atoms with E-state index in [0.29, 0.717) is 33.8 Å². The topological polar surface area (TPSA) is 94.6 Å². The zero-order valence-electron chi connectivity index (χ0n) is 23.5. The molecule has 2 aromatic rings. The van der Waals surface area contributed by atoms with Gasteiger partial charge < -0.3 is 10.2 Å². The number of aryl methyl sites for hydroxylation is 1. The van der Waals surface area contributed by atoms with Gasteiger partial charge in [-0.2, -0.15) is 0 Å². The summed E-state index contributed by atoms with van der Waals surface area (Å²) < 4.78 is 13.4. The third-order valence-electron chi connectivity index (χ3n) is 8.67. The second kappa shape index (κ2) is 12.9. The highest BCUT2D eigenvalue weighted by Gasteiger charge is 2.38. The number of anilines is 1. The summed E-state index contributed by atoms with van der Waals surface area (Å²) in [4.78, 5) is 47.2. The van der Waals surface area contributed by atoms with E-state index in [0.717, 1.165) is 71.2 Å². The summed E-state index contributed by atoms with van der Waals surface area (Å²) in [5.74, 6) is 0.776. The van der Waals surface area contributed by atoms with Crippen LogP contribution in [-0.4, -0.2) is 77.2 Å². The van der Waals surface area contributed by atoms with Gasteiger partial charge >= 0.3 is 6.03 Å². The Bertz CT molecular complexity index is 1220. The van der Waals surface area contributed by atoms with E-state index in [4.69, 9.17) is 0 Å². The summed E-state index contributed by atoms with van der Waals surface area (Å²) in [5.41, 5.74) is 1.79. The Labute approximate surface area is 239 Å². The molecular weight excluding hydrogens is 529 g/mol. The number of halogens is 1. The van der Waals surface area contributed by atoms with Crippen LogP contribution in [0.2, 0.25) is 0 Å². The van der Waals surface area contributed by atoms with Crippen molar-refractivity contribution >= 4 is 34.1 Å². The van der Waals surface area contributed by atoms with Crippen molar-refractivity contribution in [2.45, 2.75) is 70.9 Å². The Morgan fingerprint density at radius 3 is 2.60 bits per heavy atom. The highest BCUT2D eigenvalue weighted by Crippen LogP contribution is 2.29. The molecule has 2 amide bonds. The lowest BCUT2D eigenvalue weighted by molar-refractivity contribution is -0.122. The third-order valence-corrected chi connectivity index (χ3v) is 9.84. The molecule has 8 nitrogen and oxygen atoms in total. The monoisotopic (exact) mass is 569 g/mol. The fraction of sp³-hybridized carbons (Fsp3) is 0.600. The number of amides is 2. The molecule has 0 bridgehead atoms. The number of benzene rings is 1. The first-order chi connectivity index (χ1) is 19.2. The smallest absolute Gasteiger partial charge is 0.321 e. The summed E-state index contributed by atoms with van der Waals surface area (Å²) in [6.07, 6.45) is 6.54. The molecule has 0 spiro atoms. The quantitative estimate of drug-likeness (QED) is 0.449. The fourth-order valence-corrected chi connectivity index (χ4v) is 7.61. The Morgan fingerprint density at radius 1 is 1.10 bits per heavy atom. The van der Waals surface area contributed by atoms with Crippen LogP contribution in [0.15, 0.2) is 24.3 Å². The molecular formula is C30H40FN5O3S. The first kappa shape index (κ1) is 28.8. The average Bonchev–Trinajstić information content (AvgIpc) is 3.51. The van der Waals surface area contributed by atoms with Gasteiger partial charge in [0.25, 0.3) is 0 Å². The lowest BCUT2D eigenvalue weighted by atomic mass is 9.87. The van der Waals surface area contributed by atoms with Gasteiger partial charge in [-0.05, 0) is 75.6 Å². The highest BCUT2D eigenvalue weighted by molar-refractivity contribution is 7.17. The molecule has 2 saturated heterocycles. The first-order valence-electron chi connectivity index (χ1n) is 14.5. The zero-order valence-corrected chi connectivity index (χ0v) is 24.3. The molecule has 4 atom stereocenters. The number of carbonyl (C=O) groups is 3. The Kier molecular flexibility index (Phi) is 9.27. The van der Waals surface area contributed by atoms with Crippen molar-refractivity contribution in [1.82, 2.24) is 20.1 Å². The number of hydrogen-bond acceptors (Lipinski definition) is 7. The van der Waals surface area contributed by atoms with Crippen LogP contribution < -0.4 is 10.6 Å². The molecule has 1 aromatic carbocycles. The number of likely N-dealkylation sites (tertiary alicyclic amines) is 2. The third kappa shape index (κ3) is 7.14. The summed E-state index contributed by atoms with van der Waals surface area (Å²) in [6.45, 7) is 7.69. The van der Waals surface area contributed by atoms with Crippen LogP contribution in [-0.2, 0) is 11.2 Å². The Morgan fingerprint density at radius 2 is 1.90 bits per heavy atom. The van der Waals surface area contributed by atoms with E-state index >= 15 is 0 Å². The van der Waals surface area contributed by atoms with Gasteiger partial charge in [-0.3, -0.25) is 19.8 Å². The number of rotatable bonds is 8. The number of thiazole rings is 1. The van der Waals surface area contributed by atoms with E-state index in [1.165, 1.54) is 36.0 Å². The minimum Gasteiger partial charge on any atom is -0.335 e. The molecule has 40 heavy (non-hydrogen) atoms. The summed E-state index contributed by atoms with van der Waals surface area (Å²) in [6, 6.07) is 6.50. The van der Waals surface area contributed by atoms with Gasteiger partial charge in [0, 0.05) is 51.5 Å². The van der Waals surface area contributed by atoms with Gasteiger partial charge in [-0.15, -0.1) is 0 Å². The number of urea groups is 1. The van der Waals surface area contributed by atoms with Gasteiger partial charge in [-0.1, -0.05) is 23.5 Å². The van der Waals surface area contributed by atoms with Crippen LogP contribution in [0.25, 0.3) is 0 Å². The van der Waals surface area contributed by atoms with Crippen molar-refractivity contribution in [1.29, 1.82) is 0 Å². The van der Waals surface area contributed by atoms with Crippen molar-refractivity contribution in [3.63, 3.8) is 0 Å². The van der Waals surface area contributed by atoms with Gasteiger partial charge in [0.05, 0.1) is 16.6 Å². The van der Waals surface area contributed by atoms with Crippen LogP contribution in [0.5, 0.6) is 0 Å². The number of aromatic nitrogens is 1. The predicted octanol–water partition coefficient (Wildman–Crippen LogP) is 4.68. The molecule has 5 rings (SSSR count). The molecule has 3 aliphatic rings. The van der Waals surface area contributed by atoms with E-state index < -0.39 is 0 Å². The standard InChI is InChI=1S/C30H40FN5O3S/c1-19-28(20(2)37)40-30(32-19)34-29(39)33-25-12-14-36(26-6-3-7-27(26)38)18-23(25)17-35-13-4-5-22(16-35)15-21-8-10-24(31)11-9-21/h8-11,22-23,25-26H,3-7,12-18H2,1-2H3,(H2,32,33,34,39)/t22?,23-,25-,26?/m1/s1. The van der Waals surface area contributed by atoms with Crippen molar-refractivity contribution in [2.75, 3.05) is 38.0 Å². The second-order valence-electron chi connectivity index (χ2n) is 11.7. The van der Waals surface area contributed by atoms with Crippen LogP contribution in [0.3, 0.4) is 0 Å². The van der Waals surface area contributed by atoms with Crippen LogP contribution in [0.4, 0.5) is 14.3 Å². The number of nitrogens with one attached hydrogen (secondary N) is 2. The molecule has 2 aliphatic heterocycles. The Hall–Kier alpha value is -2.69. The molecule has 1 saturated carbocycles. The lowest BCUT2D eigenvalue weighted by Crippen LogP contribution is -2.57. The van der Waals surface area contributed by atoms with Crippen molar-refractivity contribution in [3.05, 3.63) is 46.2 Å². The van der Waals surface area contributed by atoms with E-state index in [1.807, 2.05) is 12.1 Å². The van der Waals surface area contributed by atoms with Crippen LogP contribution >= 0.6 is 11.3 Å². The maximum Gasteiger partial charge on any atom is 0.321 e. The van der Waals surface area contributed by atoms with Gasteiger partial charge in [0.15, 0.2) is 10.9 Å². The maximum absolute atomic E-state index is 13.4. The predicted molar refractivity (Wildman–Crippen MR) is 154 cm³/mol. The van der Waals surface area contributed by atoms with E-state index in [9.17, 15) is 18.8 Å². The fourth-order valence-electron chi connectivity index (χ4n) is 6.75. The minimum absolute atomic E-state index is 0.00755. The molecule has 216 valence electrons. The molecule has 10 heteroatoms. The van der Waals surface area contributed by atoms with Crippen LogP contribution in [0, 0.1) is 24.6 Å². The van der Waals surface area contributed by atoms with Crippen molar-refractivity contribution in [2.24, 2.45) is 11.8 Å². The van der Waals surface area contributed by atoms with Gasteiger partial charge in [-0.25, -0.2) is 14.2 Å². The second-order valence-corrected chi connectivity index (χ2v) is 12.7. The zero-order chi connectivity index (χ0) is 28.2. The SMILES string of the molecule is CC(=O)c1sc(NC(=O)N[C@@H]2CCN(C3CCCC3=O)C[C@H]2CN2CCCC(Cc3ccc(F)cc3)C2)nc1C. The Balaban J connectivity index is 1.24. The molecule has 3 heterocycles. The molecule has 1 aromatic heterocycles. The van der Waals surface area contributed by atoms with E-state index in [1.54, 1.807) is 6.92 Å². The lowest BCUT2D eigenvalue weighted by Gasteiger charge is -2.44. The number of ketones is 2. The largest absolute Gasteiger partial charge is 0.335 e. The van der Waals surface area contributed by atoms with Crippen molar-refractivity contribution in [3.8, 4) is 0 Å². The summed E-state index contributed by atoms with van der Waals surface area (Å²) in [7, 11) is 0. The number of carbonyl (C=O) groups excluding carboxylic acids is 3. The van der Waals surface area contributed by atoms with E-state index in [-0.39, 0.29) is 35.6 Å². The molecule has 2 unspecified atom stereocenters. The van der Waals surface area contributed by atoms with Gasteiger partial charge in [0.2, 0.25) is 0 Å².